The number of imide groups is 1. The Morgan fingerprint density at radius 2 is 1.67 bits per heavy atom. The first kappa shape index (κ1) is 30.8. The van der Waals surface area contributed by atoms with E-state index < -0.39 is 29.0 Å². The van der Waals surface area contributed by atoms with Gasteiger partial charge in [-0.25, -0.2) is 9.69 Å². The third kappa shape index (κ3) is 5.71. The maximum Gasteiger partial charge on any atom is 0.338 e. The molecular formula is C32H26BrN3O7S2. The van der Waals surface area contributed by atoms with E-state index >= 15 is 0 Å². The molecule has 1 aromatic heterocycles. The van der Waals surface area contributed by atoms with E-state index in [9.17, 15) is 24.0 Å². The van der Waals surface area contributed by atoms with Crippen molar-refractivity contribution in [1.82, 2.24) is 4.57 Å². The summed E-state index contributed by atoms with van der Waals surface area (Å²) in [4.78, 5) is 68.0. The summed E-state index contributed by atoms with van der Waals surface area (Å²) in [5.41, 5.74) is 1.91. The number of amides is 3. The fraction of sp³-hybridized carbons (Fsp3) is 0.219. The van der Waals surface area contributed by atoms with Crippen LogP contribution in [0.2, 0.25) is 0 Å². The normalized spacial score (nSPS) is 18.7. The Hall–Kier alpha value is -4.20. The Morgan fingerprint density at radius 1 is 0.956 bits per heavy atom. The quantitative estimate of drug-likeness (QED) is 0.194. The molecule has 0 aliphatic carbocycles. The number of ether oxygens (including phenoxy) is 2. The molecule has 3 amide bonds. The van der Waals surface area contributed by atoms with Crippen molar-refractivity contribution in [3.63, 3.8) is 0 Å². The SMILES string of the molecule is CCOC(=O)c1ccc(NC(=O)Cn2c3c(sc2=O)C(c2ccccc2OC)C2C(=O)N(c4ccc(Br)cc4)C(=O)C2S3)cc1. The zero-order valence-corrected chi connectivity index (χ0v) is 27.2. The largest absolute Gasteiger partial charge is 0.496 e. The molecule has 3 atom stereocenters. The van der Waals surface area contributed by atoms with Crippen molar-refractivity contribution in [2.45, 2.75) is 29.7 Å². The topological polar surface area (TPSA) is 124 Å². The third-order valence-electron chi connectivity index (χ3n) is 7.59. The monoisotopic (exact) mass is 707 g/mol. The molecule has 0 radical (unpaired) electrons. The lowest BCUT2D eigenvalue weighted by Gasteiger charge is -2.31. The highest BCUT2D eigenvalue weighted by Gasteiger charge is 2.57. The molecule has 13 heteroatoms. The molecule has 3 unspecified atom stereocenters. The van der Waals surface area contributed by atoms with Gasteiger partial charge in [-0.3, -0.25) is 23.7 Å². The summed E-state index contributed by atoms with van der Waals surface area (Å²) in [5, 5.41) is 2.40. The number of methoxy groups -OCH3 is 1. The van der Waals surface area contributed by atoms with Gasteiger partial charge in [0.1, 0.15) is 17.5 Å². The minimum atomic E-state index is -0.831. The predicted octanol–water partition coefficient (Wildman–Crippen LogP) is 5.29. The Bertz CT molecular complexity index is 1870. The number of carbonyl (C=O) groups excluding carboxylic acids is 4. The van der Waals surface area contributed by atoms with E-state index in [0.29, 0.717) is 38.2 Å². The van der Waals surface area contributed by atoms with E-state index in [1.54, 1.807) is 61.5 Å². The van der Waals surface area contributed by atoms with Gasteiger partial charge in [-0.2, -0.15) is 0 Å². The number of rotatable bonds is 8. The van der Waals surface area contributed by atoms with Crippen LogP contribution < -0.4 is 19.8 Å². The van der Waals surface area contributed by atoms with Crippen LogP contribution in [0.5, 0.6) is 5.75 Å². The van der Waals surface area contributed by atoms with Crippen LogP contribution >= 0.6 is 39.0 Å². The first-order chi connectivity index (χ1) is 21.7. The number of nitrogens with one attached hydrogen (secondary N) is 1. The highest BCUT2D eigenvalue weighted by Crippen LogP contribution is 2.55. The third-order valence-corrected chi connectivity index (χ3v) is 10.7. The smallest absolute Gasteiger partial charge is 0.338 e. The van der Waals surface area contributed by atoms with Gasteiger partial charge in [0.15, 0.2) is 0 Å². The zero-order chi connectivity index (χ0) is 31.8. The van der Waals surface area contributed by atoms with Crippen LogP contribution in [0, 0.1) is 5.92 Å². The molecule has 1 saturated heterocycles. The zero-order valence-electron chi connectivity index (χ0n) is 24.0. The van der Waals surface area contributed by atoms with E-state index in [-0.39, 0.29) is 29.8 Å². The first-order valence-corrected chi connectivity index (χ1v) is 16.4. The molecule has 1 fully saturated rings. The van der Waals surface area contributed by atoms with E-state index in [1.165, 1.54) is 16.6 Å². The summed E-state index contributed by atoms with van der Waals surface area (Å²) >= 11 is 5.49. The van der Waals surface area contributed by atoms with Crippen molar-refractivity contribution < 1.29 is 28.7 Å². The minimum absolute atomic E-state index is 0.247. The van der Waals surface area contributed by atoms with Gasteiger partial charge in [-0.05, 0) is 61.5 Å². The summed E-state index contributed by atoms with van der Waals surface area (Å²) < 4.78 is 12.8. The number of thioether (sulfide) groups is 1. The Morgan fingerprint density at radius 3 is 2.36 bits per heavy atom. The predicted molar refractivity (Wildman–Crippen MR) is 174 cm³/mol. The number of nitrogens with zero attached hydrogens (tertiary/aromatic N) is 2. The number of para-hydroxylation sites is 1. The molecule has 2 aliphatic rings. The molecule has 0 saturated carbocycles. The van der Waals surface area contributed by atoms with E-state index in [1.807, 2.05) is 18.2 Å². The Labute approximate surface area is 274 Å². The molecule has 3 aromatic carbocycles. The number of hydrogen-bond acceptors (Lipinski definition) is 9. The lowest BCUT2D eigenvalue weighted by molar-refractivity contribution is -0.122. The van der Waals surface area contributed by atoms with Crippen molar-refractivity contribution in [3.8, 4) is 5.75 Å². The van der Waals surface area contributed by atoms with Crippen molar-refractivity contribution in [2.24, 2.45) is 5.92 Å². The molecule has 3 heterocycles. The molecule has 6 rings (SSSR count). The van der Waals surface area contributed by atoms with Crippen molar-refractivity contribution in [3.05, 3.63) is 103 Å². The van der Waals surface area contributed by atoms with Crippen molar-refractivity contribution >= 4 is 74.1 Å². The lowest BCUT2D eigenvalue weighted by Crippen LogP contribution is -2.33. The van der Waals surface area contributed by atoms with Crippen LogP contribution in [0.1, 0.15) is 33.6 Å². The molecule has 1 N–H and O–H groups in total. The Balaban J connectivity index is 1.35. The number of carbonyl (C=O) groups is 4. The van der Waals surface area contributed by atoms with Gasteiger partial charge >= 0.3 is 10.8 Å². The van der Waals surface area contributed by atoms with Gasteiger partial charge in [-0.1, -0.05) is 57.2 Å². The molecule has 0 spiro atoms. The molecule has 10 nitrogen and oxygen atoms in total. The summed E-state index contributed by atoms with van der Waals surface area (Å²) in [6.45, 7) is 1.65. The second-order valence-corrected chi connectivity index (χ2v) is 13.3. The van der Waals surface area contributed by atoms with Gasteiger partial charge in [0.05, 0.1) is 35.9 Å². The molecule has 230 valence electrons. The lowest BCUT2D eigenvalue weighted by atomic mass is 9.82. The number of anilines is 2. The first-order valence-electron chi connectivity index (χ1n) is 13.9. The number of aromatic nitrogens is 1. The molecule has 0 bridgehead atoms. The summed E-state index contributed by atoms with van der Waals surface area (Å²) in [7, 11) is 1.53. The summed E-state index contributed by atoms with van der Waals surface area (Å²) in [6.07, 6.45) is 0. The highest BCUT2D eigenvalue weighted by molar-refractivity contribution is 9.10. The Kier molecular flexibility index (Phi) is 8.67. The number of thiazole rings is 1. The van der Waals surface area contributed by atoms with E-state index in [2.05, 4.69) is 21.2 Å². The summed E-state index contributed by atoms with van der Waals surface area (Å²) in [5.74, 6) is -2.62. The van der Waals surface area contributed by atoms with E-state index in [0.717, 1.165) is 27.6 Å². The van der Waals surface area contributed by atoms with Gasteiger partial charge in [-0.15, -0.1) is 0 Å². The van der Waals surface area contributed by atoms with Crippen LogP contribution in [0.15, 0.2) is 87.1 Å². The average Bonchev–Trinajstić information content (AvgIpc) is 3.48. The fourth-order valence-corrected chi connectivity index (χ4v) is 8.64. The molecular weight excluding hydrogens is 682 g/mol. The van der Waals surface area contributed by atoms with Crippen LogP contribution in [-0.2, 0) is 25.7 Å². The number of fused-ring (bicyclic) bond motifs is 2. The molecule has 4 aromatic rings. The van der Waals surface area contributed by atoms with Gasteiger partial charge in [0, 0.05) is 26.5 Å². The second-order valence-electron chi connectivity index (χ2n) is 10.2. The minimum Gasteiger partial charge on any atom is -0.496 e. The molecule has 45 heavy (non-hydrogen) atoms. The number of halogens is 1. The second kappa shape index (κ2) is 12.7. The number of benzene rings is 3. The van der Waals surface area contributed by atoms with Gasteiger partial charge in [0.2, 0.25) is 17.7 Å². The van der Waals surface area contributed by atoms with Crippen LogP contribution in [-0.4, -0.2) is 47.2 Å². The van der Waals surface area contributed by atoms with Gasteiger partial charge < -0.3 is 14.8 Å². The molecule has 2 aliphatic heterocycles. The van der Waals surface area contributed by atoms with E-state index in [4.69, 9.17) is 9.47 Å². The fourth-order valence-electron chi connectivity index (χ4n) is 5.61. The highest BCUT2D eigenvalue weighted by atomic mass is 79.9. The summed E-state index contributed by atoms with van der Waals surface area (Å²) in [6, 6.07) is 20.4. The maximum atomic E-state index is 14.1. The maximum absolute atomic E-state index is 14.1. The van der Waals surface area contributed by atoms with Crippen LogP contribution in [0.3, 0.4) is 0 Å². The van der Waals surface area contributed by atoms with Crippen LogP contribution in [0.4, 0.5) is 11.4 Å². The van der Waals surface area contributed by atoms with Crippen molar-refractivity contribution in [2.75, 3.05) is 23.9 Å². The number of hydrogen-bond donors (Lipinski definition) is 1. The van der Waals surface area contributed by atoms with Crippen molar-refractivity contribution in [1.29, 1.82) is 0 Å². The van der Waals surface area contributed by atoms with Gasteiger partial charge in [0.25, 0.3) is 0 Å². The number of esters is 1. The average molecular weight is 709 g/mol. The standard InChI is InChI=1S/C32H26BrN3O7S2/c1-3-43-31(40)17-8-12-19(13-9-17)34-23(37)16-35-30-27(45-32(35)41)24(21-6-4-5-7-22(21)42-2)25-26(44-30)29(39)36(28(25)38)20-14-10-18(33)11-15-20/h4-15,24-26H,3,16H2,1-2H3,(H,34,37). The van der Waals surface area contributed by atoms with Crippen LogP contribution in [0.25, 0.3) is 0 Å².